The minimum Gasteiger partial charge on any atom is -0.444 e. The number of alkyl halides is 6. The lowest BCUT2D eigenvalue weighted by molar-refractivity contribution is -0.178. The van der Waals surface area contributed by atoms with Crippen LogP contribution in [0.1, 0.15) is 104 Å². The molecule has 2 saturated heterocycles. The molecule has 4 aliphatic rings. The molecule has 4 atom stereocenters. The molecular formula is C70H74F6N12O10. The second kappa shape index (κ2) is 28.9. The van der Waals surface area contributed by atoms with E-state index in [1.165, 1.54) is 46.7 Å². The van der Waals surface area contributed by atoms with Crippen molar-refractivity contribution in [2.24, 2.45) is 11.8 Å². The first-order chi connectivity index (χ1) is 46.6. The summed E-state index contributed by atoms with van der Waals surface area (Å²) >= 11 is 0. The molecule has 516 valence electrons. The highest BCUT2D eigenvalue weighted by Crippen LogP contribution is 2.40. The van der Waals surface area contributed by atoms with Crippen LogP contribution in [0.2, 0.25) is 0 Å². The number of ether oxygens (including phenoxy) is 5. The predicted molar refractivity (Wildman–Crippen MR) is 356 cm³/mol. The summed E-state index contributed by atoms with van der Waals surface area (Å²) in [7, 11) is 0. The molecule has 8 heterocycles. The molecule has 5 amide bonds. The SMILES string of the molecule is CC(C)(C)OC(=O)N[C@H]1C[C@@H](C(F)(F)F)CN(c2ccncc2NC(=O)c2nc3cc(C4=CCOCC4)ccc3cc2NC(=O)OCc2ccc(CC(C)(C)OC(=O)N[C@H]3C[C@@H](C(F)(F)F)CN(c4ccncc4NC(=O)c4nc5cc(C6=CCOCC6)ccc5cc4N)C3)cc2)C1. The average Bonchev–Trinajstić information content (AvgIpc) is 0.799. The third-order valence-corrected chi connectivity index (χ3v) is 17.0. The molecule has 3 aromatic carbocycles. The summed E-state index contributed by atoms with van der Waals surface area (Å²) in [6.45, 7) is 8.75. The molecule has 22 nitrogen and oxygen atoms in total. The van der Waals surface area contributed by atoms with Crippen molar-refractivity contribution in [1.82, 2.24) is 30.6 Å². The first-order valence-corrected chi connectivity index (χ1v) is 31.9. The molecular weight excluding hydrogens is 1280 g/mol. The molecule has 0 aliphatic carbocycles. The summed E-state index contributed by atoms with van der Waals surface area (Å²) in [5.41, 5.74) is 10.4. The van der Waals surface area contributed by atoms with Crippen molar-refractivity contribution in [1.29, 1.82) is 0 Å². The average molecular weight is 1360 g/mol. The number of aromatic nitrogens is 4. The van der Waals surface area contributed by atoms with Gasteiger partial charge in [-0.2, -0.15) is 26.3 Å². The van der Waals surface area contributed by atoms with Gasteiger partial charge in [-0.1, -0.05) is 60.7 Å². The Morgan fingerprint density at radius 3 is 1.56 bits per heavy atom. The van der Waals surface area contributed by atoms with E-state index in [2.05, 4.69) is 41.5 Å². The second-order valence-corrected chi connectivity index (χ2v) is 26.2. The number of benzene rings is 3. The number of nitrogens with one attached hydrogen (secondary N) is 5. The number of hydrogen-bond acceptors (Lipinski definition) is 17. The van der Waals surface area contributed by atoms with Crippen LogP contribution in [-0.2, 0) is 36.7 Å². The number of anilines is 6. The molecule has 7 N–H and O–H groups in total. The van der Waals surface area contributed by atoms with Crippen LogP contribution in [-0.4, -0.2) is 138 Å². The number of halogens is 6. The molecule has 0 bridgehead atoms. The van der Waals surface area contributed by atoms with Crippen molar-refractivity contribution in [2.45, 2.75) is 109 Å². The number of nitrogens with zero attached hydrogens (tertiary/aromatic N) is 6. The Hall–Kier alpha value is -10.1. The van der Waals surface area contributed by atoms with Crippen LogP contribution < -0.4 is 42.1 Å². The van der Waals surface area contributed by atoms with Crippen LogP contribution in [0.5, 0.6) is 0 Å². The van der Waals surface area contributed by atoms with E-state index in [9.17, 15) is 50.3 Å². The Morgan fingerprint density at radius 2 is 1.06 bits per heavy atom. The maximum atomic E-state index is 14.7. The fourth-order valence-corrected chi connectivity index (χ4v) is 12.4. The smallest absolute Gasteiger partial charge is 0.412 e. The van der Waals surface area contributed by atoms with Gasteiger partial charge in [0.05, 0.1) is 108 Å². The zero-order valence-electron chi connectivity index (χ0n) is 54.4. The largest absolute Gasteiger partial charge is 0.444 e. The van der Waals surface area contributed by atoms with E-state index in [0.29, 0.717) is 72.2 Å². The Kier molecular flexibility index (Phi) is 20.4. The van der Waals surface area contributed by atoms with Gasteiger partial charge in [0.2, 0.25) is 0 Å². The van der Waals surface area contributed by atoms with E-state index < -0.39 is 103 Å². The third-order valence-electron chi connectivity index (χ3n) is 17.0. The number of hydrogen-bond donors (Lipinski definition) is 6. The Labute approximate surface area is 560 Å². The minimum atomic E-state index is -4.66. The predicted octanol–water partition coefficient (Wildman–Crippen LogP) is 12.8. The number of carbonyl (C=O) groups is 5. The second-order valence-electron chi connectivity index (χ2n) is 26.2. The van der Waals surface area contributed by atoms with Crippen LogP contribution in [0.3, 0.4) is 0 Å². The molecule has 28 heteroatoms. The quantitative estimate of drug-likeness (QED) is 0.0387. The molecule has 4 aromatic heterocycles. The van der Waals surface area contributed by atoms with E-state index in [1.807, 2.05) is 36.4 Å². The molecule has 2 fully saturated rings. The zero-order chi connectivity index (χ0) is 69.7. The Morgan fingerprint density at radius 1 is 0.571 bits per heavy atom. The van der Waals surface area contributed by atoms with Crippen molar-refractivity contribution < 1.29 is 74.0 Å². The van der Waals surface area contributed by atoms with Crippen LogP contribution in [0, 0.1) is 11.8 Å². The number of rotatable bonds is 16. The summed E-state index contributed by atoms with van der Waals surface area (Å²) in [5.74, 6) is -5.31. The van der Waals surface area contributed by atoms with Crippen molar-refractivity contribution >= 4 is 97.2 Å². The zero-order valence-corrected chi connectivity index (χ0v) is 54.4. The fraction of sp³-hybridized carbons (Fsp3) is 0.386. The van der Waals surface area contributed by atoms with E-state index in [4.69, 9.17) is 34.4 Å². The van der Waals surface area contributed by atoms with Gasteiger partial charge in [-0.3, -0.25) is 24.9 Å². The van der Waals surface area contributed by atoms with E-state index >= 15 is 0 Å². The highest BCUT2D eigenvalue weighted by Gasteiger charge is 2.47. The number of fused-ring (bicyclic) bond motifs is 2. The summed E-state index contributed by atoms with van der Waals surface area (Å²) < 4.78 is 115. The molecule has 4 aliphatic heterocycles. The van der Waals surface area contributed by atoms with Gasteiger partial charge in [0.15, 0.2) is 11.4 Å². The van der Waals surface area contributed by atoms with Crippen LogP contribution in [0.25, 0.3) is 33.0 Å². The Balaban J connectivity index is 0.729. The number of carbonyl (C=O) groups excluding carboxylic acids is 5. The number of nitrogen functional groups attached to an aromatic ring is 1. The van der Waals surface area contributed by atoms with Crippen LogP contribution in [0.4, 0.5) is 74.9 Å². The van der Waals surface area contributed by atoms with E-state index in [-0.39, 0.29) is 71.6 Å². The molecule has 0 saturated carbocycles. The first-order valence-electron chi connectivity index (χ1n) is 31.9. The van der Waals surface area contributed by atoms with Gasteiger partial charge < -0.3 is 60.5 Å². The highest BCUT2D eigenvalue weighted by atomic mass is 19.4. The highest BCUT2D eigenvalue weighted by molar-refractivity contribution is 6.11. The summed E-state index contributed by atoms with van der Waals surface area (Å²) in [6, 6.07) is 22.0. The topological polar surface area (TPSA) is 276 Å². The van der Waals surface area contributed by atoms with Gasteiger partial charge in [0, 0.05) is 55.8 Å². The normalized spacial score (nSPS) is 18.6. The fourth-order valence-electron chi connectivity index (χ4n) is 12.4. The molecule has 11 rings (SSSR count). The summed E-state index contributed by atoms with van der Waals surface area (Å²) in [6.07, 6.45) is -2.21. The van der Waals surface area contributed by atoms with Gasteiger partial charge in [-0.25, -0.2) is 24.4 Å². The minimum absolute atomic E-state index is 0.0209. The molecule has 0 unspecified atom stereocenters. The van der Waals surface area contributed by atoms with E-state index in [1.54, 1.807) is 83.1 Å². The van der Waals surface area contributed by atoms with Crippen molar-refractivity contribution in [2.75, 3.05) is 84.1 Å². The van der Waals surface area contributed by atoms with Gasteiger partial charge in [-0.05, 0) is 130 Å². The lowest BCUT2D eigenvalue weighted by atomic mass is 9.93. The standard InChI is InChI=1S/C70H74F6N12O10/c1-67(2,3)97-65(92)80-50-30-48(69(71,72)73)35-87(37-50)59-15-21-79-34-57(59)85-63(90)61-55(29-47-13-11-45(28-54(47)83-61)43-18-24-95-25-19-43)86-64(91)96-39-41-8-6-40(7-9-41)32-68(4,5)98-66(93)81-51-31-49(70(74,75)76)36-88(38-51)58-14-20-78-33-56(58)84-62(89)60-52(77)26-46-12-10-44(27-53(46)82-60)42-16-22-94-23-17-42/h6-16,18,20-21,26-29,33-34,48-51H,17,19,22-25,30-32,35-39,77H2,1-5H3,(H,80,92)(H,81,93)(H,84,89)(H,85,90)(H,86,91)/t48-,49-,50+,51+/m1/s1. The van der Waals surface area contributed by atoms with Gasteiger partial charge in [0.1, 0.15) is 17.8 Å². The molecule has 98 heavy (non-hydrogen) atoms. The van der Waals surface area contributed by atoms with Crippen LogP contribution in [0.15, 0.2) is 122 Å². The monoisotopic (exact) mass is 1360 g/mol. The van der Waals surface area contributed by atoms with Crippen molar-refractivity contribution in [3.05, 3.63) is 156 Å². The summed E-state index contributed by atoms with van der Waals surface area (Å²) in [4.78, 5) is 89.1. The van der Waals surface area contributed by atoms with Crippen molar-refractivity contribution in [3.8, 4) is 0 Å². The maximum absolute atomic E-state index is 14.7. The maximum Gasteiger partial charge on any atom is 0.412 e. The molecule has 0 radical (unpaired) electrons. The van der Waals surface area contributed by atoms with E-state index in [0.717, 1.165) is 22.3 Å². The third kappa shape index (κ3) is 17.5. The lowest BCUT2D eigenvalue weighted by Crippen LogP contribution is -2.54. The number of nitrogens with two attached hydrogens (primary N) is 1. The number of pyridine rings is 4. The van der Waals surface area contributed by atoms with Crippen LogP contribution >= 0.6 is 0 Å². The summed E-state index contributed by atoms with van der Waals surface area (Å²) in [5, 5.41) is 14.6. The van der Waals surface area contributed by atoms with Gasteiger partial charge >= 0.3 is 30.6 Å². The number of piperidine rings is 2. The van der Waals surface area contributed by atoms with Crippen molar-refractivity contribution in [3.63, 3.8) is 0 Å². The van der Waals surface area contributed by atoms with Gasteiger partial charge in [0.25, 0.3) is 11.8 Å². The molecule has 0 spiro atoms. The molecule has 7 aromatic rings. The number of amides is 5. The Bertz CT molecular complexity index is 4220. The van der Waals surface area contributed by atoms with Gasteiger partial charge in [-0.15, -0.1) is 0 Å². The number of alkyl carbamates (subject to hydrolysis) is 2. The lowest BCUT2D eigenvalue weighted by Gasteiger charge is -2.40. The first kappa shape index (κ1) is 69.3.